The van der Waals surface area contributed by atoms with Gasteiger partial charge in [-0.15, -0.1) is 0 Å². The van der Waals surface area contributed by atoms with Gasteiger partial charge in [-0.2, -0.15) is 22.6 Å². The van der Waals surface area contributed by atoms with E-state index in [1.807, 2.05) is 44.2 Å². The van der Waals surface area contributed by atoms with Crippen LogP contribution in [0, 0.1) is 11.8 Å². The highest BCUT2D eigenvalue weighted by Crippen LogP contribution is 2.47. The second kappa shape index (κ2) is 18.4. The Kier molecular flexibility index (Phi) is 13.6. The van der Waals surface area contributed by atoms with Crippen LogP contribution in [0.5, 0.6) is 0 Å². The highest BCUT2D eigenvalue weighted by molar-refractivity contribution is 7.89. The summed E-state index contributed by atoms with van der Waals surface area (Å²) in [6, 6.07) is 24.7. The van der Waals surface area contributed by atoms with Crippen LogP contribution in [0.3, 0.4) is 0 Å². The lowest BCUT2D eigenvalue weighted by atomic mass is 9.69. The molecule has 6 atom stereocenters. The molecule has 0 spiro atoms. The van der Waals surface area contributed by atoms with Crippen LogP contribution in [0.25, 0.3) is 0 Å². The van der Waals surface area contributed by atoms with Crippen molar-refractivity contribution in [2.24, 2.45) is 18.9 Å². The molecular weight excluding hydrogens is 738 g/mol. The fourth-order valence-electron chi connectivity index (χ4n) is 9.66. The summed E-state index contributed by atoms with van der Waals surface area (Å²) in [5.41, 5.74) is 2.05. The first-order chi connectivity index (χ1) is 27.0. The van der Waals surface area contributed by atoms with Crippen LogP contribution >= 0.6 is 0 Å². The number of aromatic nitrogens is 3. The van der Waals surface area contributed by atoms with Crippen molar-refractivity contribution in [1.82, 2.24) is 24.0 Å². The molecule has 2 aromatic heterocycles. The maximum Gasteiger partial charge on any atom is 0.436 e. The molecule has 4 aliphatic rings. The van der Waals surface area contributed by atoms with E-state index in [1.54, 1.807) is 12.4 Å². The lowest BCUT2D eigenvalue weighted by molar-refractivity contribution is -0.143. The number of amides is 2. The average molecular weight is 793 g/mol. The molecule has 3 unspecified atom stereocenters. The summed E-state index contributed by atoms with van der Waals surface area (Å²) in [6.07, 6.45) is 9.52. The summed E-state index contributed by atoms with van der Waals surface area (Å²) >= 11 is 0. The Morgan fingerprint density at radius 1 is 0.750 bits per heavy atom. The van der Waals surface area contributed by atoms with Gasteiger partial charge in [0.05, 0.1) is 11.9 Å². The fourth-order valence-corrected chi connectivity index (χ4v) is 11.6. The molecule has 302 valence electrons. The van der Waals surface area contributed by atoms with E-state index in [0.717, 1.165) is 55.2 Å². The predicted octanol–water partition coefficient (Wildman–Crippen LogP) is 9.86. The average Bonchev–Trinajstić information content (AvgIpc) is 3.65. The van der Waals surface area contributed by atoms with Crippen LogP contribution in [0.2, 0.25) is 0 Å². The third kappa shape index (κ3) is 9.15. The van der Waals surface area contributed by atoms with Crippen molar-refractivity contribution in [1.29, 1.82) is 0 Å². The zero-order chi connectivity index (χ0) is 39.9. The number of pyridine rings is 1. The Morgan fingerprint density at radius 2 is 1.30 bits per heavy atom. The molecule has 0 radical (unpaired) electrons. The zero-order valence-electron chi connectivity index (χ0n) is 32.6. The normalized spacial score (nSPS) is 25.3. The van der Waals surface area contributed by atoms with Crippen molar-refractivity contribution in [3.63, 3.8) is 0 Å². The van der Waals surface area contributed by atoms with Gasteiger partial charge in [0.1, 0.15) is 4.90 Å². The molecule has 4 aromatic rings. The van der Waals surface area contributed by atoms with E-state index in [2.05, 4.69) is 62.8 Å². The first kappa shape index (κ1) is 41.4. The molecule has 2 saturated heterocycles. The minimum absolute atomic E-state index is 0.0245. The number of fused-ring (bicyclic) bond motifs is 2. The molecule has 56 heavy (non-hydrogen) atoms. The number of halogens is 3. The lowest BCUT2D eigenvalue weighted by Crippen LogP contribution is -2.53. The number of rotatable bonds is 5. The van der Waals surface area contributed by atoms with Gasteiger partial charge >= 0.3 is 12.2 Å². The highest BCUT2D eigenvalue weighted by atomic mass is 32.2. The van der Waals surface area contributed by atoms with E-state index < -0.39 is 26.8 Å². The van der Waals surface area contributed by atoms with E-state index >= 15 is 0 Å². The Morgan fingerprint density at radius 3 is 1.88 bits per heavy atom. The minimum Gasteiger partial charge on any atom is -0.321 e. The van der Waals surface area contributed by atoms with Crippen molar-refractivity contribution in [3.8, 4) is 0 Å². The van der Waals surface area contributed by atoms with Crippen molar-refractivity contribution >= 4 is 21.7 Å². The first-order valence-corrected chi connectivity index (χ1v) is 21.7. The molecule has 8 rings (SSSR count). The van der Waals surface area contributed by atoms with E-state index in [9.17, 15) is 26.4 Å². The second-order valence-corrected chi connectivity index (χ2v) is 17.0. The van der Waals surface area contributed by atoms with Gasteiger partial charge in [-0.05, 0) is 85.5 Å². The van der Waals surface area contributed by atoms with Crippen LogP contribution in [-0.4, -0.2) is 63.6 Å². The van der Waals surface area contributed by atoms with E-state index in [4.69, 9.17) is 0 Å². The zero-order valence-corrected chi connectivity index (χ0v) is 33.4. The monoisotopic (exact) mass is 792 g/mol. The van der Waals surface area contributed by atoms with Crippen molar-refractivity contribution in [2.45, 2.75) is 113 Å². The molecule has 2 aliphatic heterocycles. The number of urea groups is 1. The summed E-state index contributed by atoms with van der Waals surface area (Å²) in [7, 11) is -3.00. The number of likely N-dealkylation sites (tertiary alicyclic amines) is 1. The summed E-state index contributed by atoms with van der Waals surface area (Å²) in [5.74, 6) is 1.49. The van der Waals surface area contributed by atoms with Crippen molar-refractivity contribution < 1.29 is 26.4 Å². The number of hydrogen-bond donors (Lipinski definition) is 1. The molecule has 13 heteroatoms. The number of benzene rings is 2. The maximum atomic E-state index is 13.4. The van der Waals surface area contributed by atoms with Crippen LogP contribution in [0.4, 0.5) is 23.7 Å². The van der Waals surface area contributed by atoms with Crippen molar-refractivity contribution in [3.05, 3.63) is 108 Å². The van der Waals surface area contributed by atoms with E-state index in [-0.39, 0.29) is 30.5 Å². The molecule has 2 aliphatic carbocycles. The minimum atomic E-state index is -4.82. The van der Waals surface area contributed by atoms with Gasteiger partial charge in [0, 0.05) is 44.6 Å². The van der Waals surface area contributed by atoms with Crippen molar-refractivity contribution in [2.75, 3.05) is 18.4 Å². The van der Waals surface area contributed by atoms with Gasteiger partial charge in [-0.3, -0.25) is 9.67 Å². The Labute approximate surface area is 329 Å². The Bertz CT molecular complexity index is 1960. The SMILES string of the molecule is CC.Cn1cc(S(=O)(=O)N2CCC(c3ccccc3)C3CCCCC32)c(C(F)(F)F)n1.O=C(Nc1cccnc1)N1CC[C@H](c2ccccc2)[C@H]2CCCC[C@H]21. The summed E-state index contributed by atoms with van der Waals surface area (Å²) < 4.78 is 69.2. The molecule has 4 fully saturated rings. The van der Waals surface area contributed by atoms with Gasteiger partial charge in [-0.25, -0.2) is 13.2 Å². The fraction of sp³-hybridized carbons (Fsp3) is 0.512. The molecule has 9 nitrogen and oxygen atoms in total. The third-order valence-corrected chi connectivity index (χ3v) is 13.9. The number of nitrogens with one attached hydrogen (secondary N) is 1. The molecule has 2 amide bonds. The van der Waals surface area contributed by atoms with Crippen LogP contribution in [-0.2, 0) is 23.2 Å². The molecular formula is C43H55F3N6O3S. The number of alkyl halides is 3. The molecule has 2 saturated carbocycles. The number of sulfonamides is 1. The molecule has 0 bridgehead atoms. The Hall–Kier alpha value is -4.23. The van der Waals surface area contributed by atoms with Gasteiger partial charge in [0.15, 0.2) is 5.69 Å². The number of hydrogen-bond acceptors (Lipinski definition) is 5. The van der Waals surface area contributed by atoms with Gasteiger partial charge in [0.25, 0.3) is 0 Å². The van der Waals surface area contributed by atoms with Crippen LogP contribution in [0.15, 0.2) is 96.3 Å². The molecule has 4 heterocycles. The predicted molar refractivity (Wildman–Crippen MR) is 213 cm³/mol. The number of nitrogens with zero attached hydrogens (tertiary/aromatic N) is 5. The lowest BCUT2D eigenvalue weighted by Gasteiger charge is -2.48. The summed E-state index contributed by atoms with van der Waals surface area (Å²) in [4.78, 5) is 18.3. The number of carbonyl (C=O) groups excluding carboxylic acids is 1. The molecule has 1 N–H and O–H groups in total. The quantitative estimate of drug-likeness (QED) is 0.217. The second-order valence-electron chi connectivity index (χ2n) is 15.1. The van der Waals surface area contributed by atoms with Crippen LogP contribution < -0.4 is 5.32 Å². The molecule has 2 aromatic carbocycles. The highest BCUT2D eigenvalue weighted by Gasteiger charge is 2.49. The smallest absolute Gasteiger partial charge is 0.321 e. The van der Waals surface area contributed by atoms with Crippen LogP contribution in [0.1, 0.15) is 107 Å². The third-order valence-electron chi connectivity index (χ3n) is 12.0. The first-order valence-electron chi connectivity index (χ1n) is 20.2. The standard InChI is InChI=1S/C21H25N3O.C20H24F3N3O2S.C2H6/c25-21(23-17-9-6-13-22-15-17)24-14-12-18(16-7-2-1-3-8-16)19-10-4-5-11-20(19)24;1-25-13-18(19(24-25)20(21,22)23)29(27,28)26-12-11-15(14-7-3-2-4-8-14)16-9-5-6-10-17(16)26;1-2/h1-3,6-9,13,15,18-20H,4-5,10-12,14H2,(H,23,25);2-4,7-8,13,15-17H,5-6,9-12H2,1H3;1-2H3/t18-,19-,20-;;/m1../s1. The number of anilines is 1. The Balaban J connectivity index is 0.000000184. The summed E-state index contributed by atoms with van der Waals surface area (Å²) in [5, 5.41) is 6.42. The van der Waals surface area contributed by atoms with Gasteiger partial charge in [0.2, 0.25) is 10.0 Å². The van der Waals surface area contributed by atoms with Gasteiger partial charge < -0.3 is 10.2 Å². The van der Waals surface area contributed by atoms with E-state index in [0.29, 0.717) is 30.7 Å². The number of carbonyl (C=O) groups is 1. The van der Waals surface area contributed by atoms with Gasteiger partial charge in [-0.1, -0.05) is 100 Å². The number of aryl methyl sites for hydroxylation is 1. The largest absolute Gasteiger partial charge is 0.436 e. The van der Waals surface area contributed by atoms with E-state index in [1.165, 1.54) is 41.7 Å². The topological polar surface area (TPSA) is 100 Å². The number of piperidine rings is 2. The summed E-state index contributed by atoms with van der Waals surface area (Å²) in [6.45, 7) is 5.04. The maximum absolute atomic E-state index is 13.4.